The minimum absolute atomic E-state index is 0.0735. The van der Waals surface area contributed by atoms with Crippen LogP contribution in [0.2, 0.25) is 0 Å². The number of amides is 2. The van der Waals surface area contributed by atoms with Gasteiger partial charge in [-0.15, -0.1) is 0 Å². The molecule has 30 heavy (non-hydrogen) atoms. The summed E-state index contributed by atoms with van der Waals surface area (Å²) in [6.45, 7) is 9.65. The molecule has 4 atom stereocenters. The lowest BCUT2D eigenvalue weighted by Crippen LogP contribution is -2.37. The Morgan fingerprint density at radius 2 is 2.03 bits per heavy atom. The van der Waals surface area contributed by atoms with Crippen molar-refractivity contribution in [2.45, 2.75) is 71.2 Å². The molecule has 4 rings (SSSR count). The quantitative estimate of drug-likeness (QED) is 0.726. The molecule has 8 nitrogen and oxygen atoms in total. The molecule has 0 spiro atoms. The number of fused-ring (bicyclic) bond motifs is 1. The van der Waals surface area contributed by atoms with E-state index in [-0.39, 0.29) is 41.8 Å². The molecule has 1 aromatic heterocycles. The summed E-state index contributed by atoms with van der Waals surface area (Å²) >= 11 is 0. The van der Waals surface area contributed by atoms with Gasteiger partial charge in [-0.3, -0.25) is 14.5 Å². The Morgan fingerprint density at radius 1 is 1.27 bits per heavy atom. The molecule has 0 saturated carbocycles. The van der Waals surface area contributed by atoms with Gasteiger partial charge in [0.15, 0.2) is 0 Å². The van der Waals surface area contributed by atoms with Gasteiger partial charge in [-0.2, -0.15) is 0 Å². The van der Waals surface area contributed by atoms with E-state index in [1.165, 1.54) is 0 Å². The van der Waals surface area contributed by atoms with Crippen LogP contribution < -0.4 is 5.32 Å². The van der Waals surface area contributed by atoms with Crippen molar-refractivity contribution >= 4 is 11.8 Å². The molecule has 3 fully saturated rings. The third-order valence-corrected chi connectivity index (χ3v) is 6.61. The van der Waals surface area contributed by atoms with Gasteiger partial charge in [-0.1, -0.05) is 5.16 Å². The van der Waals surface area contributed by atoms with Gasteiger partial charge in [0, 0.05) is 56.7 Å². The maximum absolute atomic E-state index is 12.8. The van der Waals surface area contributed by atoms with Crippen LogP contribution in [0.25, 0.3) is 0 Å². The molecule has 166 valence electrons. The molecule has 0 radical (unpaired) electrons. The average Bonchev–Trinajstić information content (AvgIpc) is 3.43. The largest absolute Gasteiger partial charge is 0.376 e. The van der Waals surface area contributed by atoms with E-state index >= 15 is 0 Å². The van der Waals surface area contributed by atoms with E-state index in [2.05, 4.69) is 15.4 Å². The Labute approximate surface area is 178 Å². The first kappa shape index (κ1) is 21.3. The van der Waals surface area contributed by atoms with Gasteiger partial charge in [0.05, 0.1) is 24.8 Å². The first-order valence-corrected chi connectivity index (χ1v) is 11.3. The van der Waals surface area contributed by atoms with Gasteiger partial charge in [-0.25, -0.2) is 0 Å². The zero-order valence-corrected chi connectivity index (χ0v) is 18.3. The summed E-state index contributed by atoms with van der Waals surface area (Å²) in [6.07, 6.45) is 2.94. The van der Waals surface area contributed by atoms with Crippen molar-refractivity contribution in [2.75, 3.05) is 26.2 Å². The molecule has 3 aliphatic rings. The first-order chi connectivity index (χ1) is 14.4. The smallest absolute Gasteiger partial charge is 0.225 e. The van der Waals surface area contributed by atoms with Crippen molar-refractivity contribution in [1.82, 2.24) is 20.3 Å². The number of nitrogens with one attached hydrogen (secondary N) is 1. The van der Waals surface area contributed by atoms with Gasteiger partial charge in [0.1, 0.15) is 5.76 Å². The Morgan fingerprint density at radius 3 is 2.70 bits per heavy atom. The summed E-state index contributed by atoms with van der Waals surface area (Å²) in [6, 6.07) is 2.28. The van der Waals surface area contributed by atoms with Gasteiger partial charge in [0.25, 0.3) is 0 Å². The van der Waals surface area contributed by atoms with E-state index in [1.54, 1.807) is 0 Å². The van der Waals surface area contributed by atoms with Crippen LogP contribution in [0.15, 0.2) is 10.6 Å². The van der Waals surface area contributed by atoms with Crippen molar-refractivity contribution in [3.05, 3.63) is 17.5 Å². The number of hydrogen-bond donors (Lipinski definition) is 1. The van der Waals surface area contributed by atoms with Gasteiger partial charge in [0.2, 0.25) is 11.8 Å². The summed E-state index contributed by atoms with van der Waals surface area (Å²) < 4.78 is 11.4. The van der Waals surface area contributed by atoms with Crippen molar-refractivity contribution in [3.63, 3.8) is 0 Å². The Bertz CT molecular complexity index is 758. The van der Waals surface area contributed by atoms with Crippen molar-refractivity contribution in [1.29, 1.82) is 0 Å². The fourth-order valence-corrected chi connectivity index (χ4v) is 5.38. The highest BCUT2D eigenvalue weighted by Gasteiger charge is 2.51. The molecule has 1 N–H and O–H groups in total. The zero-order valence-electron chi connectivity index (χ0n) is 18.3. The van der Waals surface area contributed by atoms with E-state index in [0.29, 0.717) is 26.0 Å². The van der Waals surface area contributed by atoms with E-state index in [9.17, 15) is 9.59 Å². The molecule has 0 unspecified atom stereocenters. The van der Waals surface area contributed by atoms with E-state index in [4.69, 9.17) is 9.26 Å². The Balaban J connectivity index is 1.46. The number of carbonyl (C=O) groups excluding carboxylic acids is 2. The summed E-state index contributed by atoms with van der Waals surface area (Å²) in [5.74, 6) is 1.41. The van der Waals surface area contributed by atoms with Crippen LogP contribution >= 0.6 is 0 Å². The molecule has 0 aromatic carbocycles. The van der Waals surface area contributed by atoms with Crippen LogP contribution in [-0.4, -0.2) is 71.2 Å². The van der Waals surface area contributed by atoms with Crippen LogP contribution in [0, 0.1) is 18.8 Å². The highest BCUT2D eigenvalue weighted by Crippen LogP contribution is 2.42. The summed E-state index contributed by atoms with van der Waals surface area (Å²) in [4.78, 5) is 29.6. The third kappa shape index (κ3) is 4.70. The highest BCUT2D eigenvalue weighted by atomic mass is 16.5. The maximum atomic E-state index is 12.8. The molecule has 3 aliphatic heterocycles. The number of aryl methyl sites for hydroxylation is 1. The summed E-state index contributed by atoms with van der Waals surface area (Å²) in [5.41, 5.74) is 0.898. The van der Waals surface area contributed by atoms with Crippen LogP contribution in [0.4, 0.5) is 0 Å². The second-order valence-electron chi connectivity index (χ2n) is 9.35. The second-order valence-corrected chi connectivity index (χ2v) is 9.35. The van der Waals surface area contributed by atoms with Crippen LogP contribution in [-0.2, 0) is 20.9 Å². The highest BCUT2D eigenvalue weighted by molar-refractivity contribution is 5.77. The molecule has 4 heterocycles. The predicted octanol–water partition coefficient (Wildman–Crippen LogP) is 1.73. The first-order valence-electron chi connectivity index (χ1n) is 11.3. The second kappa shape index (κ2) is 9.06. The number of ether oxygens (including phenoxy) is 1. The maximum Gasteiger partial charge on any atom is 0.225 e. The summed E-state index contributed by atoms with van der Waals surface area (Å²) in [5, 5.41) is 7.16. The Hall–Kier alpha value is -1.93. The van der Waals surface area contributed by atoms with Crippen molar-refractivity contribution < 1.29 is 18.8 Å². The van der Waals surface area contributed by atoms with Crippen LogP contribution in [0.3, 0.4) is 0 Å². The fourth-order valence-electron chi connectivity index (χ4n) is 5.38. The van der Waals surface area contributed by atoms with Crippen molar-refractivity contribution in [2.24, 2.45) is 11.8 Å². The normalized spacial score (nSPS) is 29.0. The van der Waals surface area contributed by atoms with Gasteiger partial charge in [-0.05, 0) is 39.5 Å². The molecule has 8 heteroatoms. The molecule has 2 amide bonds. The number of likely N-dealkylation sites (tertiary alicyclic amines) is 2. The minimum atomic E-state index is -0.121. The van der Waals surface area contributed by atoms with Crippen LogP contribution in [0.5, 0.6) is 0 Å². The standard InChI is InChI=1S/C22H34N4O4/c1-14(2)23-20(27)9-16-11-26(12-17-8-15(3)30-24-17)18-13-29-19(22(16)18)10-21(28)25-6-4-5-7-25/h8,14,16,18-19,22H,4-7,9-13H2,1-3H3,(H,23,27)/t16-,18-,19+,22-/m1/s1. The van der Waals surface area contributed by atoms with E-state index in [1.807, 2.05) is 31.7 Å². The number of aromatic nitrogens is 1. The number of nitrogens with zero attached hydrogens (tertiary/aromatic N) is 3. The summed E-state index contributed by atoms with van der Waals surface area (Å²) in [7, 11) is 0. The lowest BCUT2D eigenvalue weighted by molar-refractivity contribution is -0.133. The van der Waals surface area contributed by atoms with E-state index < -0.39 is 0 Å². The topological polar surface area (TPSA) is 87.9 Å². The zero-order chi connectivity index (χ0) is 21.3. The molecule has 0 bridgehead atoms. The monoisotopic (exact) mass is 418 g/mol. The Kier molecular flexibility index (Phi) is 6.43. The molecular weight excluding hydrogens is 384 g/mol. The third-order valence-electron chi connectivity index (χ3n) is 6.61. The number of rotatable bonds is 7. The number of carbonyl (C=O) groups is 2. The predicted molar refractivity (Wildman–Crippen MR) is 110 cm³/mol. The van der Waals surface area contributed by atoms with Crippen LogP contribution in [0.1, 0.15) is 51.0 Å². The molecule has 3 saturated heterocycles. The SMILES string of the molecule is Cc1cc(CN2C[C@@H](CC(=O)NC(C)C)[C@H]3[C@H](CC(=O)N4CCCC4)OC[C@H]32)no1. The van der Waals surface area contributed by atoms with E-state index in [0.717, 1.165) is 43.9 Å². The minimum Gasteiger partial charge on any atom is -0.376 e. The molecule has 1 aromatic rings. The lowest BCUT2D eigenvalue weighted by atomic mass is 9.84. The average molecular weight is 419 g/mol. The molecular formula is C22H34N4O4. The van der Waals surface area contributed by atoms with Gasteiger partial charge < -0.3 is 19.5 Å². The van der Waals surface area contributed by atoms with Crippen molar-refractivity contribution in [3.8, 4) is 0 Å². The number of hydrogen-bond acceptors (Lipinski definition) is 6. The lowest BCUT2D eigenvalue weighted by Gasteiger charge is -2.25. The van der Waals surface area contributed by atoms with Gasteiger partial charge >= 0.3 is 0 Å². The molecule has 0 aliphatic carbocycles. The fraction of sp³-hybridized carbons (Fsp3) is 0.773.